The molecule has 0 radical (unpaired) electrons. The Labute approximate surface area is 133 Å². The third-order valence-corrected chi connectivity index (χ3v) is 5.79. The second kappa shape index (κ2) is 8.41. The molecule has 5 nitrogen and oxygen atoms in total. The van der Waals surface area contributed by atoms with Crippen LogP contribution in [0.3, 0.4) is 0 Å². The first kappa shape index (κ1) is 17.9. The highest BCUT2D eigenvalue weighted by atomic mass is 32.2. The molecule has 0 heterocycles. The van der Waals surface area contributed by atoms with Crippen molar-refractivity contribution in [2.24, 2.45) is 11.8 Å². The maximum absolute atomic E-state index is 12.5. The molecule has 0 aromatic heterocycles. The number of ketones is 1. The summed E-state index contributed by atoms with van der Waals surface area (Å²) in [4.78, 5) is 12.5. The molecular formula is C16H28O5S. The summed E-state index contributed by atoms with van der Waals surface area (Å²) < 4.78 is 35.5. The van der Waals surface area contributed by atoms with Gasteiger partial charge in [0.05, 0.1) is 11.9 Å². The average Bonchev–Trinajstić information content (AvgIpc) is 2.51. The normalized spacial score (nSPS) is 27.7. The fourth-order valence-corrected chi connectivity index (χ4v) is 4.21. The van der Waals surface area contributed by atoms with Crippen LogP contribution in [-0.4, -0.2) is 37.2 Å². The summed E-state index contributed by atoms with van der Waals surface area (Å²) in [6.07, 6.45) is 9.84. The van der Waals surface area contributed by atoms with Crippen LogP contribution in [0.2, 0.25) is 0 Å². The monoisotopic (exact) mass is 332 g/mol. The third kappa shape index (κ3) is 5.97. The minimum atomic E-state index is -3.88. The van der Waals surface area contributed by atoms with Crippen molar-refractivity contribution in [3.63, 3.8) is 0 Å². The molecule has 0 amide bonds. The van der Waals surface area contributed by atoms with Gasteiger partial charge in [-0.1, -0.05) is 19.3 Å². The Bertz CT molecular complexity index is 445. The molecule has 0 aliphatic heterocycles. The lowest BCUT2D eigenvalue weighted by atomic mass is 9.76. The Morgan fingerprint density at radius 1 is 0.955 bits per heavy atom. The van der Waals surface area contributed by atoms with E-state index in [9.17, 15) is 13.2 Å². The summed E-state index contributed by atoms with van der Waals surface area (Å²) in [6, 6.07) is 0. The van der Waals surface area contributed by atoms with Gasteiger partial charge in [-0.05, 0) is 44.9 Å². The van der Waals surface area contributed by atoms with Crippen LogP contribution in [-0.2, 0) is 19.6 Å². The van der Waals surface area contributed by atoms with Crippen molar-refractivity contribution < 1.29 is 22.5 Å². The van der Waals surface area contributed by atoms with E-state index in [1.54, 1.807) is 0 Å². The number of Topliss-reactive ketones (excluding diaryl/α,β-unsaturated/α-hetero) is 1. The molecule has 2 aliphatic rings. The van der Waals surface area contributed by atoms with Gasteiger partial charge in [0.2, 0.25) is 0 Å². The molecule has 0 aromatic rings. The molecule has 0 bridgehead atoms. The highest BCUT2D eigenvalue weighted by Gasteiger charge is 2.31. The second-order valence-electron chi connectivity index (χ2n) is 6.72. The third-order valence-electron chi connectivity index (χ3n) is 4.98. The Morgan fingerprint density at radius 3 is 2.14 bits per heavy atom. The van der Waals surface area contributed by atoms with Gasteiger partial charge in [0.1, 0.15) is 5.78 Å². The summed E-state index contributed by atoms with van der Waals surface area (Å²) >= 11 is 0. The lowest BCUT2D eigenvalue weighted by molar-refractivity contribution is -0.129. The van der Waals surface area contributed by atoms with Crippen molar-refractivity contribution in [1.29, 1.82) is 0 Å². The largest absolute Gasteiger partial charge is 0.378 e. The van der Waals surface area contributed by atoms with Crippen molar-refractivity contribution in [3.8, 4) is 0 Å². The van der Waals surface area contributed by atoms with Crippen LogP contribution in [0.15, 0.2) is 0 Å². The Hall–Kier alpha value is -0.460. The van der Waals surface area contributed by atoms with Crippen molar-refractivity contribution in [2.45, 2.75) is 70.3 Å². The predicted molar refractivity (Wildman–Crippen MR) is 84.3 cm³/mol. The lowest BCUT2D eigenvalue weighted by Crippen LogP contribution is -2.31. The zero-order chi connectivity index (χ0) is 16.0. The van der Waals surface area contributed by atoms with Crippen LogP contribution in [0, 0.1) is 11.8 Å². The van der Waals surface area contributed by atoms with Gasteiger partial charge >= 0.3 is 0 Å². The molecule has 0 unspecified atom stereocenters. The zero-order valence-corrected chi connectivity index (χ0v) is 14.0. The second-order valence-corrected chi connectivity index (χ2v) is 8.29. The molecule has 0 atom stereocenters. The van der Waals surface area contributed by atoms with E-state index < -0.39 is 10.1 Å². The number of ether oxygens (including phenoxy) is 1. The standard InChI is InChI=1S/C16H28O5S/c17-16(13-5-2-1-3-6-13)14-7-9-15(10-8-14)21-11-4-12-22(18,19)20/h13-15H,1-12H2,(H,18,19,20). The molecule has 6 heteroatoms. The van der Waals surface area contributed by atoms with E-state index in [1.165, 1.54) is 19.3 Å². The summed E-state index contributed by atoms with van der Waals surface area (Å²) in [7, 11) is -3.88. The molecule has 2 rings (SSSR count). The topological polar surface area (TPSA) is 80.7 Å². The van der Waals surface area contributed by atoms with E-state index >= 15 is 0 Å². The maximum Gasteiger partial charge on any atom is 0.264 e. The van der Waals surface area contributed by atoms with E-state index in [-0.39, 0.29) is 17.8 Å². The number of carbonyl (C=O) groups is 1. The van der Waals surface area contributed by atoms with Crippen molar-refractivity contribution in [1.82, 2.24) is 0 Å². The van der Waals surface area contributed by atoms with E-state index in [0.717, 1.165) is 38.5 Å². The SMILES string of the molecule is O=C(C1CCCCC1)C1CCC(OCCCS(=O)(=O)O)CC1. The van der Waals surface area contributed by atoms with Crippen LogP contribution in [0.5, 0.6) is 0 Å². The van der Waals surface area contributed by atoms with Gasteiger partial charge in [-0.3, -0.25) is 9.35 Å². The molecular weight excluding hydrogens is 304 g/mol. The zero-order valence-electron chi connectivity index (χ0n) is 13.2. The van der Waals surface area contributed by atoms with E-state index in [0.29, 0.717) is 24.7 Å². The summed E-state index contributed by atoms with van der Waals surface area (Å²) in [5.41, 5.74) is 0. The van der Waals surface area contributed by atoms with E-state index in [4.69, 9.17) is 9.29 Å². The summed E-state index contributed by atoms with van der Waals surface area (Å²) in [6.45, 7) is 0.353. The molecule has 0 aromatic carbocycles. The van der Waals surface area contributed by atoms with Crippen molar-refractivity contribution in [3.05, 3.63) is 0 Å². The minimum Gasteiger partial charge on any atom is -0.378 e. The first-order valence-electron chi connectivity index (χ1n) is 8.56. The fourth-order valence-electron chi connectivity index (χ4n) is 3.73. The number of hydrogen-bond acceptors (Lipinski definition) is 4. The predicted octanol–water partition coefficient (Wildman–Crippen LogP) is 2.99. The van der Waals surface area contributed by atoms with Gasteiger partial charge in [0, 0.05) is 18.4 Å². The average molecular weight is 332 g/mol. The Balaban J connectivity index is 1.64. The number of rotatable bonds is 7. The van der Waals surface area contributed by atoms with Gasteiger partial charge in [-0.25, -0.2) is 0 Å². The molecule has 0 saturated heterocycles. The van der Waals surface area contributed by atoms with Crippen LogP contribution >= 0.6 is 0 Å². The smallest absolute Gasteiger partial charge is 0.264 e. The highest BCUT2D eigenvalue weighted by molar-refractivity contribution is 7.85. The first-order chi connectivity index (χ1) is 10.5. The van der Waals surface area contributed by atoms with Crippen LogP contribution < -0.4 is 0 Å². The molecule has 128 valence electrons. The van der Waals surface area contributed by atoms with Crippen LogP contribution in [0.1, 0.15) is 64.2 Å². The highest BCUT2D eigenvalue weighted by Crippen LogP contribution is 2.33. The molecule has 2 aliphatic carbocycles. The van der Waals surface area contributed by atoms with Gasteiger partial charge in [-0.15, -0.1) is 0 Å². The Morgan fingerprint density at radius 2 is 1.55 bits per heavy atom. The van der Waals surface area contributed by atoms with E-state index in [1.807, 2.05) is 0 Å². The summed E-state index contributed by atoms with van der Waals surface area (Å²) in [5.74, 6) is 0.735. The molecule has 2 fully saturated rings. The van der Waals surface area contributed by atoms with Crippen LogP contribution in [0.4, 0.5) is 0 Å². The molecule has 2 saturated carbocycles. The van der Waals surface area contributed by atoms with Gasteiger partial charge in [0.25, 0.3) is 10.1 Å². The minimum absolute atomic E-state index is 0.136. The number of hydrogen-bond donors (Lipinski definition) is 1. The van der Waals surface area contributed by atoms with Gasteiger partial charge in [0.15, 0.2) is 0 Å². The molecule has 0 spiro atoms. The first-order valence-corrected chi connectivity index (χ1v) is 10.2. The summed E-state index contributed by atoms with van der Waals surface area (Å²) in [5, 5.41) is 0. The molecule has 1 N–H and O–H groups in total. The van der Waals surface area contributed by atoms with Crippen molar-refractivity contribution >= 4 is 15.9 Å². The lowest BCUT2D eigenvalue weighted by Gasteiger charge is -2.31. The Kier molecular flexibility index (Phi) is 6.84. The maximum atomic E-state index is 12.5. The fraction of sp³-hybridized carbons (Fsp3) is 0.938. The quantitative estimate of drug-likeness (QED) is 0.572. The van der Waals surface area contributed by atoms with Crippen LogP contribution in [0.25, 0.3) is 0 Å². The van der Waals surface area contributed by atoms with Crippen molar-refractivity contribution in [2.75, 3.05) is 12.4 Å². The van der Waals surface area contributed by atoms with Gasteiger partial charge < -0.3 is 4.74 Å². The van der Waals surface area contributed by atoms with E-state index in [2.05, 4.69) is 0 Å². The molecule has 22 heavy (non-hydrogen) atoms. The number of carbonyl (C=O) groups excluding carboxylic acids is 1. The van der Waals surface area contributed by atoms with Gasteiger partial charge in [-0.2, -0.15) is 8.42 Å².